The number of hydrogen-bond donors (Lipinski definition) is 0. The fourth-order valence-electron chi connectivity index (χ4n) is 9.67. The lowest BCUT2D eigenvalue weighted by molar-refractivity contribution is -0.167. The van der Waals surface area contributed by atoms with Crippen LogP contribution in [0.4, 0.5) is 0 Å². The van der Waals surface area contributed by atoms with E-state index < -0.39 is 6.10 Å². The maximum atomic E-state index is 12.9. The zero-order chi connectivity index (χ0) is 50.5. The van der Waals surface area contributed by atoms with E-state index >= 15 is 0 Å². The zero-order valence-corrected chi connectivity index (χ0v) is 47.6. The van der Waals surface area contributed by atoms with Gasteiger partial charge in [-0.25, -0.2) is 0 Å². The summed E-state index contributed by atoms with van der Waals surface area (Å²) >= 11 is 0. The lowest BCUT2D eigenvalue weighted by atomic mass is 9.99. The predicted molar refractivity (Wildman–Crippen MR) is 298 cm³/mol. The minimum atomic E-state index is -0.764. The Morgan fingerprint density at radius 1 is 0.290 bits per heavy atom. The van der Waals surface area contributed by atoms with Crippen molar-refractivity contribution in [1.82, 2.24) is 0 Å². The molecule has 0 aliphatic heterocycles. The van der Waals surface area contributed by atoms with Crippen LogP contribution in [-0.2, 0) is 28.6 Å². The third-order valence-corrected chi connectivity index (χ3v) is 14.8. The van der Waals surface area contributed by atoms with Crippen LogP contribution in [0.5, 0.6) is 0 Å². The number of carbonyl (C=O) groups is 3. The minimum Gasteiger partial charge on any atom is -0.462 e. The number of carbonyl (C=O) groups excluding carboxylic acids is 3. The summed E-state index contributed by atoms with van der Waals surface area (Å²) in [6.45, 7) is 13.8. The van der Waals surface area contributed by atoms with Crippen molar-refractivity contribution in [1.29, 1.82) is 0 Å². The molecule has 0 bridgehead atoms. The summed E-state index contributed by atoms with van der Waals surface area (Å²) in [5.41, 5.74) is 0. The molecule has 0 aliphatic rings. The van der Waals surface area contributed by atoms with Crippen LogP contribution in [0, 0.1) is 17.8 Å². The highest BCUT2D eigenvalue weighted by Gasteiger charge is 2.19. The lowest BCUT2D eigenvalue weighted by Gasteiger charge is -2.18. The summed E-state index contributed by atoms with van der Waals surface area (Å²) in [6, 6.07) is 0. The van der Waals surface area contributed by atoms with Gasteiger partial charge in [0.1, 0.15) is 13.2 Å². The van der Waals surface area contributed by atoms with Gasteiger partial charge in [-0.15, -0.1) is 0 Å². The van der Waals surface area contributed by atoms with Crippen molar-refractivity contribution in [2.75, 3.05) is 13.2 Å². The summed E-state index contributed by atoms with van der Waals surface area (Å²) in [5.74, 6) is 1.73. The molecule has 69 heavy (non-hydrogen) atoms. The van der Waals surface area contributed by atoms with Crippen LogP contribution in [0.15, 0.2) is 0 Å². The van der Waals surface area contributed by atoms with Crippen molar-refractivity contribution < 1.29 is 28.6 Å². The Morgan fingerprint density at radius 2 is 0.507 bits per heavy atom. The Labute approximate surface area is 431 Å². The molecule has 0 spiro atoms. The number of rotatable bonds is 56. The first kappa shape index (κ1) is 67.4. The number of unbranched alkanes of at least 4 members (excludes halogenated alkanes) is 38. The van der Waals surface area contributed by atoms with Crippen molar-refractivity contribution in [3.8, 4) is 0 Å². The van der Waals surface area contributed by atoms with Crippen molar-refractivity contribution >= 4 is 17.9 Å². The topological polar surface area (TPSA) is 78.9 Å². The van der Waals surface area contributed by atoms with Gasteiger partial charge in [0.25, 0.3) is 0 Å². The molecule has 0 radical (unpaired) electrons. The van der Waals surface area contributed by atoms with Gasteiger partial charge >= 0.3 is 17.9 Å². The van der Waals surface area contributed by atoms with E-state index in [2.05, 4.69) is 41.5 Å². The number of hydrogen-bond acceptors (Lipinski definition) is 6. The highest BCUT2D eigenvalue weighted by molar-refractivity contribution is 5.71. The Balaban J connectivity index is 4.29. The zero-order valence-electron chi connectivity index (χ0n) is 47.6. The van der Waals surface area contributed by atoms with Crippen LogP contribution in [0.1, 0.15) is 350 Å². The fraction of sp³-hybridized carbons (Fsp3) is 0.952. The van der Waals surface area contributed by atoms with E-state index in [0.29, 0.717) is 19.3 Å². The largest absolute Gasteiger partial charge is 0.462 e. The van der Waals surface area contributed by atoms with Gasteiger partial charge in [-0.3, -0.25) is 14.4 Å². The predicted octanol–water partition coefficient (Wildman–Crippen LogP) is 20.7. The first-order valence-electron chi connectivity index (χ1n) is 31.1. The van der Waals surface area contributed by atoms with Crippen molar-refractivity contribution in [2.45, 2.75) is 356 Å². The average molecular weight is 976 g/mol. The Morgan fingerprint density at radius 3 is 0.754 bits per heavy atom. The second-order valence-corrected chi connectivity index (χ2v) is 22.9. The first-order valence-corrected chi connectivity index (χ1v) is 31.1. The molecule has 0 rings (SSSR count). The second-order valence-electron chi connectivity index (χ2n) is 22.9. The van der Waals surface area contributed by atoms with Crippen LogP contribution >= 0.6 is 0 Å². The van der Waals surface area contributed by atoms with Crippen LogP contribution in [0.25, 0.3) is 0 Å². The van der Waals surface area contributed by atoms with Gasteiger partial charge in [0.15, 0.2) is 6.10 Å². The summed E-state index contributed by atoms with van der Waals surface area (Å²) in [7, 11) is 0. The molecule has 0 saturated heterocycles. The molecule has 0 fully saturated rings. The SMILES string of the molecule is CCC(C)CCCCCCCCCCCCC(=O)OC[C@@H](COC(=O)CCCCCCCCCCCCCCCCCC(C)C)OC(=O)CCCCCCCCCCCCCCCCCCC(C)C. The van der Waals surface area contributed by atoms with E-state index in [1.54, 1.807) is 0 Å². The summed E-state index contributed by atoms with van der Waals surface area (Å²) in [6.07, 6.45) is 58.1. The molecule has 0 amide bonds. The smallest absolute Gasteiger partial charge is 0.306 e. The van der Waals surface area contributed by atoms with Gasteiger partial charge in [-0.2, -0.15) is 0 Å². The van der Waals surface area contributed by atoms with E-state index in [4.69, 9.17) is 14.2 Å². The van der Waals surface area contributed by atoms with Crippen LogP contribution < -0.4 is 0 Å². The number of ether oxygens (including phenoxy) is 3. The third-order valence-electron chi connectivity index (χ3n) is 14.8. The lowest BCUT2D eigenvalue weighted by Crippen LogP contribution is -2.30. The molecule has 6 nitrogen and oxygen atoms in total. The van der Waals surface area contributed by atoms with Crippen molar-refractivity contribution in [3.63, 3.8) is 0 Å². The fourth-order valence-corrected chi connectivity index (χ4v) is 9.67. The molecule has 410 valence electrons. The molecular weight excluding hydrogens is 853 g/mol. The molecule has 0 aliphatic carbocycles. The molecule has 0 heterocycles. The quantitative estimate of drug-likeness (QED) is 0.0343. The molecule has 0 N–H and O–H groups in total. The standard InChI is InChI=1S/C63H122O6/c1-7-59(6)51-45-39-33-27-23-24-29-35-41-47-53-62(65)68-56-60(55-67-61(64)52-46-40-34-28-21-17-14-10-12-16-20-26-32-38-44-50-58(4)5)69-63(66)54-48-42-36-30-22-18-13-9-8-11-15-19-25-31-37-43-49-57(2)3/h57-60H,7-56H2,1-6H3/t59?,60-/m1/s1. The van der Waals surface area contributed by atoms with E-state index in [1.807, 2.05) is 0 Å². The van der Waals surface area contributed by atoms with Crippen LogP contribution in [0.3, 0.4) is 0 Å². The van der Waals surface area contributed by atoms with Gasteiger partial charge < -0.3 is 14.2 Å². The van der Waals surface area contributed by atoms with E-state index in [-0.39, 0.29) is 31.1 Å². The van der Waals surface area contributed by atoms with Crippen LogP contribution in [0.2, 0.25) is 0 Å². The molecule has 0 saturated carbocycles. The van der Waals surface area contributed by atoms with Gasteiger partial charge in [-0.05, 0) is 37.0 Å². The second kappa shape index (κ2) is 54.2. The Bertz CT molecular complexity index is 1070. The summed E-state index contributed by atoms with van der Waals surface area (Å²) in [5, 5.41) is 0. The Hall–Kier alpha value is -1.59. The van der Waals surface area contributed by atoms with Crippen LogP contribution in [-0.4, -0.2) is 37.2 Å². The highest BCUT2D eigenvalue weighted by Crippen LogP contribution is 2.19. The normalized spacial score (nSPS) is 12.5. The minimum absolute atomic E-state index is 0.0629. The molecule has 0 aromatic carbocycles. The maximum Gasteiger partial charge on any atom is 0.306 e. The molecule has 6 heteroatoms. The van der Waals surface area contributed by atoms with Gasteiger partial charge in [0, 0.05) is 19.3 Å². The maximum absolute atomic E-state index is 12.9. The van der Waals surface area contributed by atoms with Gasteiger partial charge in [-0.1, -0.05) is 311 Å². The number of esters is 3. The van der Waals surface area contributed by atoms with Crippen molar-refractivity contribution in [2.24, 2.45) is 17.8 Å². The molecule has 1 unspecified atom stereocenters. The molecule has 2 atom stereocenters. The van der Waals surface area contributed by atoms with Gasteiger partial charge in [0.2, 0.25) is 0 Å². The summed E-state index contributed by atoms with van der Waals surface area (Å²) in [4.78, 5) is 38.3. The van der Waals surface area contributed by atoms with Crippen molar-refractivity contribution in [3.05, 3.63) is 0 Å². The average Bonchev–Trinajstić information content (AvgIpc) is 3.32. The van der Waals surface area contributed by atoms with E-state index in [9.17, 15) is 14.4 Å². The molecule has 0 aromatic heterocycles. The monoisotopic (exact) mass is 975 g/mol. The highest BCUT2D eigenvalue weighted by atomic mass is 16.6. The first-order chi connectivity index (χ1) is 33.6. The van der Waals surface area contributed by atoms with E-state index in [1.165, 1.54) is 231 Å². The summed E-state index contributed by atoms with van der Waals surface area (Å²) < 4.78 is 16.9. The van der Waals surface area contributed by atoms with E-state index in [0.717, 1.165) is 75.5 Å². The third kappa shape index (κ3) is 55.6. The molecular formula is C63H122O6. The van der Waals surface area contributed by atoms with Gasteiger partial charge in [0.05, 0.1) is 0 Å². The molecule has 0 aromatic rings. The Kier molecular flexibility index (Phi) is 52.9.